The Hall–Kier alpha value is -3.86. The number of nitrogens with zero attached hydrogens (tertiary/aromatic N) is 7. The number of aromatic amines is 1. The van der Waals surface area contributed by atoms with Gasteiger partial charge in [-0.2, -0.15) is 0 Å². The number of aromatic nitrogens is 6. The summed E-state index contributed by atoms with van der Waals surface area (Å²) in [5.41, 5.74) is 5.35. The summed E-state index contributed by atoms with van der Waals surface area (Å²) < 4.78 is 15.4. The lowest BCUT2D eigenvalue weighted by atomic mass is 10.2. The number of fused-ring (bicyclic) bond motifs is 2. The van der Waals surface area contributed by atoms with Crippen molar-refractivity contribution >= 4 is 44.4 Å². The summed E-state index contributed by atoms with van der Waals surface area (Å²) in [7, 11) is 0. The van der Waals surface area contributed by atoms with Crippen molar-refractivity contribution in [2.75, 3.05) is 24.5 Å². The Morgan fingerprint density at radius 3 is 3.00 bits per heavy atom. The number of halogens is 1. The van der Waals surface area contributed by atoms with Gasteiger partial charge in [-0.25, -0.2) is 24.3 Å². The van der Waals surface area contributed by atoms with Crippen LogP contribution in [0.4, 0.5) is 9.39 Å². The summed E-state index contributed by atoms with van der Waals surface area (Å²) in [6, 6.07) is 8.22. The number of piperazine rings is 1. The predicted octanol–water partition coefficient (Wildman–Crippen LogP) is 3.31. The molecule has 172 valence electrons. The average Bonchev–Trinajstić information content (AvgIpc) is 3.57. The number of amides is 1. The van der Waals surface area contributed by atoms with Crippen LogP contribution >= 0.6 is 11.3 Å². The summed E-state index contributed by atoms with van der Waals surface area (Å²) in [6.45, 7) is 4.22. The lowest BCUT2D eigenvalue weighted by molar-refractivity contribution is -0.134. The SMILES string of the molecule is C[C@@H]1CN(c2scnc2-c2nc3ccc(F)cc3[nH]2)CCN1C(=O)Cn1cnc2cccnc21. The molecule has 1 aliphatic heterocycles. The quantitative estimate of drug-likeness (QED) is 0.428. The number of carbonyl (C=O) groups excluding carboxylic acids is 1. The molecule has 0 unspecified atom stereocenters. The second-order valence-electron chi connectivity index (χ2n) is 8.35. The molecular formula is C23H21FN8OS. The molecule has 1 fully saturated rings. The van der Waals surface area contributed by atoms with Crippen molar-refractivity contribution in [3.05, 3.63) is 54.2 Å². The third kappa shape index (κ3) is 3.58. The van der Waals surface area contributed by atoms with Crippen molar-refractivity contribution in [1.82, 2.24) is 34.4 Å². The van der Waals surface area contributed by atoms with Crippen LogP contribution in [0.2, 0.25) is 0 Å². The largest absolute Gasteiger partial charge is 0.358 e. The highest BCUT2D eigenvalue weighted by molar-refractivity contribution is 7.14. The van der Waals surface area contributed by atoms with Crippen LogP contribution in [0.15, 0.2) is 48.4 Å². The van der Waals surface area contributed by atoms with Crippen molar-refractivity contribution in [2.24, 2.45) is 0 Å². The zero-order valence-corrected chi connectivity index (χ0v) is 19.2. The van der Waals surface area contributed by atoms with Crippen LogP contribution in [0.25, 0.3) is 33.7 Å². The Bertz CT molecular complexity index is 1510. The Kier molecular flexibility index (Phi) is 4.98. The van der Waals surface area contributed by atoms with Crippen LogP contribution < -0.4 is 4.90 Å². The Morgan fingerprint density at radius 1 is 1.21 bits per heavy atom. The standard InChI is InChI=1S/C23H21FN8OS/c1-14-10-30(7-8-32(14)19(33)11-31-12-26-17-3-2-6-25-22(17)31)23-20(27-13-34-23)21-28-16-5-4-15(24)9-18(16)29-21/h2-6,9,12-14H,7-8,10-11H2,1H3,(H,28,29)/t14-/m1/s1. The first-order chi connectivity index (χ1) is 16.6. The predicted molar refractivity (Wildman–Crippen MR) is 128 cm³/mol. The van der Waals surface area contributed by atoms with E-state index in [0.717, 1.165) is 16.2 Å². The van der Waals surface area contributed by atoms with Gasteiger partial charge in [0.2, 0.25) is 5.91 Å². The van der Waals surface area contributed by atoms with E-state index in [4.69, 9.17) is 0 Å². The minimum atomic E-state index is -0.310. The number of carbonyl (C=O) groups is 1. The maximum absolute atomic E-state index is 13.6. The molecular weight excluding hydrogens is 455 g/mol. The van der Waals surface area contributed by atoms with E-state index in [1.54, 1.807) is 28.7 Å². The van der Waals surface area contributed by atoms with Gasteiger partial charge in [0.1, 0.15) is 28.6 Å². The molecule has 1 atom stereocenters. The van der Waals surface area contributed by atoms with E-state index in [2.05, 4.69) is 36.7 Å². The molecule has 0 spiro atoms. The monoisotopic (exact) mass is 476 g/mol. The van der Waals surface area contributed by atoms with Crippen LogP contribution in [-0.2, 0) is 11.3 Å². The molecule has 1 N–H and O–H groups in total. The van der Waals surface area contributed by atoms with Gasteiger partial charge in [-0.3, -0.25) is 4.79 Å². The number of H-pyrrole nitrogens is 1. The summed E-state index contributed by atoms with van der Waals surface area (Å²) in [5, 5.41) is 0.989. The molecule has 6 rings (SSSR count). The number of nitrogens with one attached hydrogen (secondary N) is 1. The molecule has 1 aliphatic rings. The van der Waals surface area contributed by atoms with Gasteiger partial charge < -0.3 is 19.4 Å². The number of hydrogen-bond acceptors (Lipinski definition) is 7. The van der Waals surface area contributed by atoms with Crippen molar-refractivity contribution in [2.45, 2.75) is 19.5 Å². The molecule has 4 aromatic heterocycles. The molecule has 1 saturated heterocycles. The Morgan fingerprint density at radius 2 is 2.12 bits per heavy atom. The maximum Gasteiger partial charge on any atom is 0.242 e. The summed E-state index contributed by atoms with van der Waals surface area (Å²) in [4.78, 5) is 38.2. The van der Waals surface area contributed by atoms with Crippen molar-refractivity contribution in [1.29, 1.82) is 0 Å². The second-order valence-corrected chi connectivity index (χ2v) is 9.19. The highest BCUT2D eigenvalue weighted by Gasteiger charge is 2.30. The smallest absolute Gasteiger partial charge is 0.242 e. The number of anilines is 1. The van der Waals surface area contributed by atoms with Gasteiger partial charge in [-0.1, -0.05) is 0 Å². The van der Waals surface area contributed by atoms with Crippen molar-refractivity contribution in [3.63, 3.8) is 0 Å². The zero-order chi connectivity index (χ0) is 23.2. The molecule has 5 heterocycles. The number of thiazole rings is 1. The number of pyridine rings is 1. The minimum absolute atomic E-state index is 0.0173. The summed E-state index contributed by atoms with van der Waals surface area (Å²) >= 11 is 1.54. The van der Waals surface area contributed by atoms with E-state index in [1.807, 2.05) is 17.0 Å². The first-order valence-corrected chi connectivity index (χ1v) is 11.8. The molecule has 0 saturated carbocycles. The Labute approximate surface area is 197 Å². The fourth-order valence-electron chi connectivity index (χ4n) is 4.48. The molecule has 1 aromatic carbocycles. The topological polar surface area (TPSA) is 95.8 Å². The number of benzene rings is 1. The molecule has 5 aromatic rings. The number of rotatable bonds is 4. The van der Waals surface area contributed by atoms with Gasteiger partial charge in [-0.15, -0.1) is 11.3 Å². The lowest BCUT2D eigenvalue weighted by Crippen LogP contribution is -2.54. The molecule has 34 heavy (non-hydrogen) atoms. The normalized spacial score (nSPS) is 16.6. The third-order valence-corrected chi connectivity index (χ3v) is 7.02. The molecule has 1 amide bonds. The summed E-state index contributed by atoms with van der Waals surface area (Å²) in [5.74, 6) is 0.346. The van der Waals surface area contributed by atoms with Crippen LogP contribution in [-0.4, -0.2) is 66.0 Å². The van der Waals surface area contributed by atoms with Crippen molar-refractivity contribution in [3.8, 4) is 11.5 Å². The van der Waals surface area contributed by atoms with E-state index in [-0.39, 0.29) is 24.3 Å². The van der Waals surface area contributed by atoms with Crippen LogP contribution in [0.1, 0.15) is 6.92 Å². The highest BCUT2D eigenvalue weighted by atomic mass is 32.1. The van der Waals surface area contributed by atoms with E-state index in [0.29, 0.717) is 42.1 Å². The van der Waals surface area contributed by atoms with E-state index < -0.39 is 0 Å². The molecule has 0 bridgehead atoms. The number of hydrogen-bond donors (Lipinski definition) is 1. The third-order valence-electron chi connectivity index (χ3n) is 6.13. The van der Waals surface area contributed by atoms with Gasteiger partial charge in [0.15, 0.2) is 11.5 Å². The first-order valence-electron chi connectivity index (χ1n) is 11.0. The van der Waals surface area contributed by atoms with Crippen molar-refractivity contribution < 1.29 is 9.18 Å². The van der Waals surface area contributed by atoms with Gasteiger partial charge in [-0.05, 0) is 37.3 Å². The van der Waals surface area contributed by atoms with E-state index >= 15 is 0 Å². The van der Waals surface area contributed by atoms with Crippen LogP contribution in [0, 0.1) is 5.82 Å². The van der Waals surface area contributed by atoms with Gasteiger partial charge in [0.05, 0.1) is 22.9 Å². The first kappa shape index (κ1) is 20.7. The van der Waals surface area contributed by atoms with Gasteiger partial charge in [0.25, 0.3) is 0 Å². The summed E-state index contributed by atoms with van der Waals surface area (Å²) in [6.07, 6.45) is 3.37. The van der Waals surface area contributed by atoms with E-state index in [1.165, 1.54) is 23.5 Å². The van der Waals surface area contributed by atoms with E-state index in [9.17, 15) is 9.18 Å². The number of imidazole rings is 2. The highest BCUT2D eigenvalue weighted by Crippen LogP contribution is 2.34. The second kappa shape index (κ2) is 8.17. The van der Waals surface area contributed by atoms with Gasteiger partial charge in [0, 0.05) is 31.9 Å². The minimum Gasteiger partial charge on any atom is -0.358 e. The molecule has 11 heteroatoms. The Balaban J connectivity index is 1.19. The maximum atomic E-state index is 13.6. The van der Waals surface area contributed by atoms with Gasteiger partial charge >= 0.3 is 0 Å². The molecule has 0 aliphatic carbocycles. The zero-order valence-electron chi connectivity index (χ0n) is 18.3. The fourth-order valence-corrected chi connectivity index (χ4v) is 5.32. The van der Waals surface area contributed by atoms with Crippen LogP contribution in [0.3, 0.4) is 0 Å². The lowest BCUT2D eigenvalue weighted by Gasteiger charge is -2.40. The molecule has 0 radical (unpaired) electrons. The fraction of sp³-hybridized carbons (Fsp3) is 0.261. The average molecular weight is 477 g/mol. The molecule has 9 nitrogen and oxygen atoms in total. The van der Waals surface area contributed by atoms with Crippen LogP contribution in [0.5, 0.6) is 0 Å².